The Morgan fingerprint density at radius 3 is 2.77 bits per heavy atom. The van der Waals surface area contributed by atoms with Crippen molar-refractivity contribution in [1.82, 2.24) is 14.3 Å². The smallest absolute Gasteiger partial charge is 0.300 e. The summed E-state index contributed by atoms with van der Waals surface area (Å²) in [6.07, 6.45) is 0. The zero-order valence-electron chi connectivity index (χ0n) is 12.8. The van der Waals surface area contributed by atoms with Crippen molar-refractivity contribution < 1.29 is 9.53 Å². The van der Waals surface area contributed by atoms with Gasteiger partial charge < -0.3 is 9.30 Å². The molecule has 22 heavy (non-hydrogen) atoms. The van der Waals surface area contributed by atoms with Crippen molar-refractivity contribution >= 4 is 27.5 Å². The molecular formula is C15H16N4O2S. The topological polar surface area (TPSA) is 61.4 Å². The molecule has 0 radical (unpaired) electrons. The number of methoxy groups -OCH3 is 1. The number of hydrogen-bond donors (Lipinski definition) is 0. The summed E-state index contributed by atoms with van der Waals surface area (Å²) in [6, 6.07) is 7.53. The molecule has 3 aromatic rings. The quantitative estimate of drug-likeness (QED) is 0.727. The molecular weight excluding hydrogens is 300 g/mol. The van der Waals surface area contributed by atoms with Gasteiger partial charge in [-0.3, -0.25) is 9.48 Å². The maximum absolute atomic E-state index is 12.3. The van der Waals surface area contributed by atoms with Gasteiger partial charge in [-0.1, -0.05) is 17.4 Å². The molecule has 0 fully saturated rings. The summed E-state index contributed by atoms with van der Waals surface area (Å²) in [6.45, 7) is 1.90. The Morgan fingerprint density at radius 2 is 2.14 bits per heavy atom. The van der Waals surface area contributed by atoms with Crippen molar-refractivity contribution in [2.75, 3.05) is 7.11 Å². The summed E-state index contributed by atoms with van der Waals surface area (Å²) in [7, 11) is 5.30. The first-order chi connectivity index (χ1) is 10.5. The highest BCUT2D eigenvalue weighted by molar-refractivity contribution is 7.16. The van der Waals surface area contributed by atoms with E-state index in [0.29, 0.717) is 10.5 Å². The van der Waals surface area contributed by atoms with Gasteiger partial charge in [0.25, 0.3) is 5.91 Å². The molecule has 1 aromatic carbocycles. The first-order valence-electron chi connectivity index (χ1n) is 6.73. The number of para-hydroxylation sites is 1. The minimum atomic E-state index is -0.343. The third-order valence-electron chi connectivity index (χ3n) is 3.54. The van der Waals surface area contributed by atoms with E-state index in [9.17, 15) is 4.79 Å². The molecule has 0 aliphatic heterocycles. The molecule has 0 aliphatic rings. The lowest BCUT2D eigenvalue weighted by molar-refractivity contribution is 0.0992. The van der Waals surface area contributed by atoms with Gasteiger partial charge in [-0.05, 0) is 25.1 Å². The fraction of sp³-hybridized carbons (Fsp3) is 0.267. The Hall–Kier alpha value is -2.41. The fourth-order valence-corrected chi connectivity index (χ4v) is 3.28. The number of nitrogens with zero attached hydrogens (tertiary/aromatic N) is 4. The van der Waals surface area contributed by atoms with Crippen molar-refractivity contribution in [1.29, 1.82) is 0 Å². The molecule has 114 valence electrons. The first kappa shape index (κ1) is 14.5. The molecule has 6 nitrogen and oxygen atoms in total. The minimum absolute atomic E-state index is 0.343. The summed E-state index contributed by atoms with van der Waals surface area (Å²) in [5.74, 6) is 0.420. The second-order valence-corrected chi connectivity index (χ2v) is 5.97. The lowest BCUT2D eigenvalue weighted by atomic mass is 10.3. The van der Waals surface area contributed by atoms with Gasteiger partial charge in [0.2, 0.25) is 0 Å². The fourth-order valence-electron chi connectivity index (χ4n) is 2.25. The number of aromatic nitrogens is 3. The lowest BCUT2D eigenvalue weighted by Crippen LogP contribution is -2.14. The highest BCUT2D eigenvalue weighted by Crippen LogP contribution is 2.26. The summed E-state index contributed by atoms with van der Waals surface area (Å²) >= 11 is 1.45. The standard InChI is InChI=1S/C15H16N4O2S/c1-9-8-10(17-19(9)3)14(20)16-15-18(2)13-11(21-4)6-5-7-12(13)22-15/h5-8H,1-4H3. The minimum Gasteiger partial charge on any atom is -0.495 e. The number of thiazole rings is 1. The molecule has 0 bridgehead atoms. The molecule has 3 rings (SSSR count). The highest BCUT2D eigenvalue weighted by Gasteiger charge is 2.12. The Balaban J connectivity index is 2.13. The van der Waals surface area contributed by atoms with Gasteiger partial charge >= 0.3 is 0 Å². The number of fused-ring (bicyclic) bond motifs is 1. The Kier molecular flexibility index (Phi) is 3.58. The molecule has 2 heterocycles. The van der Waals surface area contributed by atoms with Gasteiger partial charge in [0.1, 0.15) is 11.3 Å². The normalized spacial score (nSPS) is 12.1. The Morgan fingerprint density at radius 1 is 1.36 bits per heavy atom. The van der Waals surface area contributed by atoms with E-state index in [4.69, 9.17) is 4.74 Å². The van der Waals surface area contributed by atoms with Crippen LogP contribution in [0.4, 0.5) is 0 Å². The van der Waals surface area contributed by atoms with Crippen LogP contribution in [0.2, 0.25) is 0 Å². The molecule has 7 heteroatoms. The van der Waals surface area contributed by atoms with Crippen molar-refractivity contribution in [3.63, 3.8) is 0 Å². The van der Waals surface area contributed by atoms with Crippen LogP contribution in [0.3, 0.4) is 0 Å². The van der Waals surface area contributed by atoms with Crippen LogP contribution in [-0.2, 0) is 14.1 Å². The van der Waals surface area contributed by atoms with Gasteiger partial charge in [0.05, 0.1) is 11.8 Å². The van der Waals surface area contributed by atoms with E-state index >= 15 is 0 Å². The number of hydrogen-bond acceptors (Lipinski definition) is 4. The van der Waals surface area contributed by atoms with Crippen molar-refractivity contribution in [2.45, 2.75) is 6.92 Å². The number of aryl methyl sites for hydroxylation is 3. The van der Waals surface area contributed by atoms with E-state index in [1.165, 1.54) is 11.3 Å². The van der Waals surface area contributed by atoms with Crippen molar-refractivity contribution in [2.24, 2.45) is 19.1 Å². The van der Waals surface area contributed by atoms with Gasteiger partial charge in [0, 0.05) is 19.8 Å². The molecule has 1 amide bonds. The lowest BCUT2D eigenvalue weighted by Gasteiger charge is -2.02. The number of carbonyl (C=O) groups is 1. The van der Waals surface area contributed by atoms with Crippen LogP contribution in [0, 0.1) is 6.92 Å². The van der Waals surface area contributed by atoms with Gasteiger partial charge in [-0.15, -0.1) is 0 Å². The molecule has 0 N–H and O–H groups in total. The van der Waals surface area contributed by atoms with E-state index in [0.717, 1.165) is 21.7 Å². The molecule has 0 saturated carbocycles. The number of benzene rings is 1. The zero-order valence-corrected chi connectivity index (χ0v) is 13.6. The molecule has 0 saturated heterocycles. The van der Waals surface area contributed by atoms with Crippen LogP contribution in [0.1, 0.15) is 16.2 Å². The number of rotatable bonds is 2. The Bertz CT molecular complexity index is 913. The maximum Gasteiger partial charge on any atom is 0.300 e. The number of carbonyl (C=O) groups excluding carboxylic acids is 1. The monoisotopic (exact) mass is 316 g/mol. The summed E-state index contributed by atoms with van der Waals surface area (Å²) in [5.41, 5.74) is 2.20. The molecule has 2 aromatic heterocycles. The summed E-state index contributed by atoms with van der Waals surface area (Å²) in [5, 5.41) is 4.17. The highest BCUT2D eigenvalue weighted by atomic mass is 32.1. The van der Waals surface area contributed by atoms with Crippen molar-refractivity contribution in [3.05, 3.63) is 40.5 Å². The zero-order chi connectivity index (χ0) is 15.9. The second kappa shape index (κ2) is 5.42. The van der Waals surface area contributed by atoms with Crippen LogP contribution in [0.25, 0.3) is 10.2 Å². The van der Waals surface area contributed by atoms with Crippen LogP contribution in [0.15, 0.2) is 29.3 Å². The predicted octanol–water partition coefficient (Wildman–Crippen LogP) is 2.03. The molecule has 0 atom stereocenters. The predicted molar refractivity (Wildman–Crippen MR) is 85.2 cm³/mol. The average molecular weight is 316 g/mol. The SMILES string of the molecule is COc1cccc2sc(=NC(=O)c3cc(C)n(C)n3)n(C)c12. The second-order valence-electron chi connectivity index (χ2n) is 4.96. The van der Waals surface area contributed by atoms with Crippen molar-refractivity contribution in [3.8, 4) is 5.75 Å². The maximum atomic E-state index is 12.3. The Labute approximate surface area is 131 Å². The molecule has 0 spiro atoms. The van der Waals surface area contributed by atoms with Crippen LogP contribution in [0.5, 0.6) is 5.75 Å². The third-order valence-corrected chi connectivity index (χ3v) is 4.63. The average Bonchev–Trinajstić information content (AvgIpc) is 3.00. The molecule has 0 unspecified atom stereocenters. The van der Waals surface area contributed by atoms with E-state index in [1.54, 1.807) is 24.9 Å². The first-order valence-corrected chi connectivity index (χ1v) is 7.55. The summed E-state index contributed by atoms with van der Waals surface area (Å²) < 4.78 is 9.92. The third kappa shape index (κ3) is 2.33. The van der Waals surface area contributed by atoms with E-state index in [-0.39, 0.29) is 5.91 Å². The number of amides is 1. The summed E-state index contributed by atoms with van der Waals surface area (Å²) in [4.78, 5) is 17.1. The molecule has 0 aliphatic carbocycles. The van der Waals surface area contributed by atoms with Gasteiger partial charge in [-0.25, -0.2) is 0 Å². The van der Waals surface area contributed by atoms with Crippen LogP contribution >= 0.6 is 11.3 Å². The van der Waals surface area contributed by atoms with E-state index < -0.39 is 0 Å². The van der Waals surface area contributed by atoms with Gasteiger partial charge in [0.15, 0.2) is 10.5 Å². The largest absolute Gasteiger partial charge is 0.495 e. The van der Waals surface area contributed by atoms with E-state index in [1.807, 2.05) is 36.7 Å². The number of ether oxygens (including phenoxy) is 1. The van der Waals surface area contributed by atoms with Crippen LogP contribution < -0.4 is 9.54 Å². The van der Waals surface area contributed by atoms with Crippen LogP contribution in [-0.4, -0.2) is 27.4 Å². The van der Waals surface area contributed by atoms with E-state index in [2.05, 4.69) is 10.1 Å². The van der Waals surface area contributed by atoms with Gasteiger partial charge in [-0.2, -0.15) is 10.1 Å².